The van der Waals surface area contributed by atoms with Crippen LogP contribution in [0.3, 0.4) is 0 Å². The van der Waals surface area contributed by atoms with Crippen molar-refractivity contribution in [3.8, 4) is 0 Å². The molecule has 0 bridgehead atoms. The molecule has 150 valence electrons. The maximum atomic E-state index is 12.0. The summed E-state index contributed by atoms with van der Waals surface area (Å²) in [5.41, 5.74) is 6.63. The Morgan fingerprint density at radius 3 is 2.52 bits per heavy atom. The summed E-state index contributed by atoms with van der Waals surface area (Å²) in [4.78, 5) is 25.0. The zero-order chi connectivity index (χ0) is 20.5. The summed E-state index contributed by atoms with van der Waals surface area (Å²) >= 11 is 0. The number of likely N-dealkylation sites (N-methyl/N-ethyl adjacent to an activating group) is 1. The van der Waals surface area contributed by atoms with E-state index in [0.717, 1.165) is 42.2 Å². The van der Waals surface area contributed by atoms with Crippen molar-refractivity contribution in [3.63, 3.8) is 0 Å². The molecule has 3 heterocycles. The van der Waals surface area contributed by atoms with Gasteiger partial charge in [-0.3, -0.25) is 4.98 Å². The molecule has 1 aliphatic rings. The van der Waals surface area contributed by atoms with E-state index in [1.807, 2.05) is 36.4 Å². The molecule has 2 aromatic heterocycles. The van der Waals surface area contributed by atoms with Crippen LogP contribution < -0.4 is 0 Å². The fraction of sp³-hybridized carbons (Fsp3) is 0.348. The monoisotopic (exact) mass is 389 g/mol. The van der Waals surface area contributed by atoms with Gasteiger partial charge in [0.15, 0.2) is 0 Å². The Labute approximate surface area is 171 Å². The van der Waals surface area contributed by atoms with Crippen LogP contribution in [-0.2, 0) is 13.1 Å². The third kappa shape index (κ3) is 3.62. The lowest BCUT2D eigenvalue weighted by atomic mass is 10.1. The molecule has 3 aromatic rings. The molecule has 0 unspecified atom stereocenters. The van der Waals surface area contributed by atoms with E-state index in [1.165, 1.54) is 16.6 Å². The van der Waals surface area contributed by atoms with Crippen LogP contribution in [0.5, 0.6) is 0 Å². The van der Waals surface area contributed by atoms with E-state index < -0.39 is 0 Å². The standard InChI is InChI=1S/C23H27N5O/c1-5-28-20(25-21-16(2)6-7-17(3)22(21)28)11-9-18-8-10-19(24-14-18)15-27-13-12-26(4)23(27)29/h6-11,14H,5,12-13,15H2,1-4H3/b11-9+. The lowest BCUT2D eigenvalue weighted by Crippen LogP contribution is -2.29. The van der Waals surface area contributed by atoms with Crippen LogP contribution in [-0.4, -0.2) is 50.5 Å². The number of pyridine rings is 1. The number of hydrogen-bond donors (Lipinski definition) is 0. The van der Waals surface area contributed by atoms with E-state index >= 15 is 0 Å². The number of rotatable bonds is 5. The summed E-state index contributed by atoms with van der Waals surface area (Å²) < 4.78 is 2.26. The Balaban J connectivity index is 1.54. The highest BCUT2D eigenvalue weighted by atomic mass is 16.2. The molecule has 1 aliphatic heterocycles. The van der Waals surface area contributed by atoms with Gasteiger partial charge in [-0.05, 0) is 55.7 Å². The molecule has 0 atom stereocenters. The van der Waals surface area contributed by atoms with Gasteiger partial charge in [0.1, 0.15) is 5.82 Å². The molecule has 0 radical (unpaired) electrons. The topological polar surface area (TPSA) is 54.3 Å². The number of benzene rings is 1. The fourth-order valence-electron chi connectivity index (χ4n) is 3.84. The number of carbonyl (C=O) groups excluding carboxylic acids is 1. The molecule has 0 saturated carbocycles. The molecule has 1 saturated heterocycles. The van der Waals surface area contributed by atoms with Crippen molar-refractivity contribution >= 4 is 29.2 Å². The molecule has 0 N–H and O–H groups in total. The Morgan fingerprint density at radius 1 is 1.07 bits per heavy atom. The third-order valence-corrected chi connectivity index (χ3v) is 5.57. The largest absolute Gasteiger partial charge is 0.326 e. The number of urea groups is 1. The molecule has 4 rings (SSSR count). The van der Waals surface area contributed by atoms with Crippen LogP contribution in [0.2, 0.25) is 0 Å². The maximum Gasteiger partial charge on any atom is 0.320 e. The zero-order valence-electron chi connectivity index (χ0n) is 17.5. The molecule has 2 amide bonds. The second-order valence-electron chi connectivity index (χ2n) is 7.65. The van der Waals surface area contributed by atoms with Crippen molar-refractivity contribution < 1.29 is 4.79 Å². The number of nitrogens with zero attached hydrogens (tertiary/aromatic N) is 5. The fourth-order valence-corrected chi connectivity index (χ4v) is 3.84. The summed E-state index contributed by atoms with van der Waals surface area (Å²) in [6.07, 6.45) is 5.95. The predicted molar refractivity (Wildman–Crippen MR) is 116 cm³/mol. The van der Waals surface area contributed by atoms with Gasteiger partial charge in [-0.2, -0.15) is 0 Å². The van der Waals surface area contributed by atoms with Gasteiger partial charge in [-0.1, -0.05) is 18.2 Å². The van der Waals surface area contributed by atoms with Crippen molar-refractivity contribution in [2.75, 3.05) is 20.1 Å². The first-order chi connectivity index (χ1) is 14.0. The van der Waals surface area contributed by atoms with E-state index in [2.05, 4.69) is 48.5 Å². The predicted octanol–water partition coefficient (Wildman–Crippen LogP) is 4.11. The Hall–Kier alpha value is -3.15. The molecular formula is C23H27N5O. The van der Waals surface area contributed by atoms with Gasteiger partial charge < -0.3 is 14.4 Å². The Morgan fingerprint density at radius 2 is 1.86 bits per heavy atom. The van der Waals surface area contributed by atoms with E-state index in [4.69, 9.17) is 4.98 Å². The molecule has 1 aromatic carbocycles. The van der Waals surface area contributed by atoms with Crippen molar-refractivity contribution in [1.82, 2.24) is 24.3 Å². The molecule has 0 aliphatic carbocycles. The molecule has 0 spiro atoms. The second-order valence-corrected chi connectivity index (χ2v) is 7.65. The normalized spacial score (nSPS) is 14.7. The van der Waals surface area contributed by atoms with Gasteiger partial charge in [0.25, 0.3) is 0 Å². The highest BCUT2D eigenvalue weighted by Crippen LogP contribution is 2.24. The van der Waals surface area contributed by atoms with Gasteiger partial charge >= 0.3 is 6.03 Å². The Bertz CT molecular complexity index is 1080. The van der Waals surface area contributed by atoms with Crippen LogP contribution >= 0.6 is 0 Å². The van der Waals surface area contributed by atoms with E-state index in [-0.39, 0.29) is 6.03 Å². The number of fused-ring (bicyclic) bond motifs is 1. The van der Waals surface area contributed by atoms with Crippen LogP contribution in [0.4, 0.5) is 4.79 Å². The van der Waals surface area contributed by atoms with Crippen LogP contribution in [0.25, 0.3) is 23.2 Å². The summed E-state index contributed by atoms with van der Waals surface area (Å²) in [6, 6.07) is 8.38. The van der Waals surface area contributed by atoms with E-state index in [1.54, 1.807) is 4.90 Å². The minimum absolute atomic E-state index is 0.0693. The average molecular weight is 390 g/mol. The zero-order valence-corrected chi connectivity index (χ0v) is 17.5. The van der Waals surface area contributed by atoms with Crippen molar-refractivity contribution in [1.29, 1.82) is 0 Å². The summed E-state index contributed by atoms with van der Waals surface area (Å²) in [5.74, 6) is 0.953. The number of aryl methyl sites for hydroxylation is 3. The molecule has 1 fully saturated rings. The number of aromatic nitrogens is 3. The first kappa shape index (κ1) is 19.2. The highest BCUT2D eigenvalue weighted by molar-refractivity contribution is 5.85. The number of amides is 2. The lowest BCUT2D eigenvalue weighted by molar-refractivity contribution is 0.196. The minimum Gasteiger partial charge on any atom is -0.326 e. The van der Waals surface area contributed by atoms with Crippen molar-refractivity contribution in [3.05, 3.63) is 58.7 Å². The minimum atomic E-state index is 0.0693. The van der Waals surface area contributed by atoms with Gasteiger partial charge in [-0.15, -0.1) is 0 Å². The average Bonchev–Trinajstić information content (AvgIpc) is 3.26. The molecule has 6 nitrogen and oxygen atoms in total. The molecule has 6 heteroatoms. The first-order valence-electron chi connectivity index (χ1n) is 10.1. The van der Waals surface area contributed by atoms with Gasteiger partial charge in [0.2, 0.25) is 0 Å². The van der Waals surface area contributed by atoms with Gasteiger partial charge in [0.05, 0.1) is 23.3 Å². The maximum absolute atomic E-state index is 12.0. The van der Waals surface area contributed by atoms with Crippen LogP contribution in [0.15, 0.2) is 30.5 Å². The number of hydrogen-bond acceptors (Lipinski definition) is 3. The highest BCUT2D eigenvalue weighted by Gasteiger charge is 2.25. The summed E-state index contributed by atoms with van der Waals surface area (Å²) in [5, 5.41) is 0. The van der Waals surface area contributed by atoms with Crippen molar-refractivity contribution in [2.24, 2.45) is 0 Å². The lowest BCUT2D eigenvalue weighted by Gasteiger charge is -2.15. The SMILES string of the molecule is CCn1c(/C=C/c2ccc(CN3CCN(C)C3=O)nc2)nc2c(C)ccc(C)c21. The third-order valence-electron chi connectivity index (χ3n) is 5.57. The smallest absolute Gasteiger partial charge is 0.320 e. The number of imidazole rings is 1. The first-order valence-corrected chi connectivity index (χ1v) is 10.1. The summed E-state index contributed by atoms with van der Waals surface area (Å²) in [7, 11) is 1.83. The van der Waals surface area contributed by atoms with E-state index in [0.29, 0.717) is 6.54 Å². The van der Waals surface area contributed by atoms with Gasteiger partial charge in [-0.25, -0.2) is 9.78 Å². The van der Waals surface area contributed by atoms with Crippen LogP contribution in [0, 0.1) is 13.8 Å². The summed E-state index contributed by atoms with van der Waals surface area (Å²) in [6.45, 7) is 9.34. The molecular weight excluding hydrogens is 362 g/mol. The van der Waals surface area contributed by atoms with E-state index in [9.17, 15) is 4.79 Å². The quantitative estimate of drug-likeness (QED) is 0.660. The molecule has 29 heavy (non-hydrogen) atoms. The second kappa shape index (κ2) is 7.70. The number of carbonyl (C=O) groups is 1. The Kier molecular flexibility index (Phi) is 5.09. The van der Waals surface area contributed by atoms with Crippen molar-refractivity contribution in [2.45, 2.75) is 33.9 Å². The van der Waals surface area contributed by atoms with Gasteiger partial charge in [0, 0.05) is 32.9 Å². The van der Waals surface area contributed by atoms with Crippen LogP contribution in [0.1, 0.15) is 35.1 Å².